The summed E-state index contributed by atoms with van der Waals surface area (Å²) < 4.78 is 57.6. The molecule has 2 aromatic rings. The standard InChI is InChI=1S/C22H26ClFN3O9P/c1-22(24)18(35-21(30)26(2)3)16(34-19(22)27-9-7-17(28)25-20(27)29)12-33-37(31)32-10-8-15(36-37)13-5-4-6-14(23)11-13/h4-7,9,11,15-16,18-19H,8,10,12H2,1-3H3,(H,25,28,29)/t15-,16+,18+,19+,22+,37+/m0/s1. The fourth-order valence-corrected chi connectivity index (χ4v) is 5.62. The summed E-state index contributed by atoms with van der Waals surface area (Å²) in [5.74, 6) is 0. The number of aromatic nitrogens is 2. The minimum Gasteiger partial charge on any atom is -0.440 e. The van der Waals surface area contributed by atoms with Crippen LogP contribution in [0.1, 0.15) is 31.2 Å². The van der Waals surface area contributed by atoms with Crippen LogP contribution in [0.4, 0.5) is 9.18 Å². The summed E-state index contributed by atoms with van der Waals surface area (Å²) in [6.45, 7) is 0.558. The van der Waals surface area contributed by atoms with Crippen LogP contribution < -0.4 is 11.2 Å². The van der Waals surface area contributed by atoms with Crippen LogP contribution in [0.5, 0.6) is 0 Å². The first-order valence-corrected chi connectivity index (χ1v) is 13.1. The Morgan fingerprint density at radius 2 is 2.11 bits per heavy atom. The lowest BCUT2D eigenvalue weighted by molar-refractivity contribution is -0.0656. The van der Waals surface area contributed by atoms with Crippen molar-refractivity contribution in [1.29, 1.82) is 0 Å². The van der Waals surface area contributed by atoms with E-state index < -0.39 is 62.0 Å². The Bertz CT molecular complexity index is 1320. The Balaban J connectivity index is 1.56. The highest BCUT2D eigenvalue weighted by Gasteiger charge is 2.59. The molecule has 37 heavy (non-hydrogen) atoms. The van der Waals surface area contributed by atoms with Gasteiger partial charge >= 0.3 is 19.6 Å². The van der Waals surface area contributed by atoms with Gasteiger partial charge in [0.1, 0.15) is 6.10 Å². The number of phosphoric ester groups is 1. The third kappa shape index (κ3) is 5.97. The molecule has 15 heteroatoms. The molecule has 6 atom stereocenters. The van der Waals surface area contributed by atoms with Gasteiger partial charge in [0.2, 0.25) is 0 Å². The maximum absolute atomic E-state index is 16.1. The van der Waals surface area contributed by atoms with Gasteiger partial charge in [0.05, 0.1) is 19.3 Å². The van der Waals surface area contributed by atoms with Gasteiger partial charge in [0.25, 0.3) is 5.56 Å². The lowest BCUT2D eigenvalue weighted by Gasteiger charge is -2.31. The molecule has 1 N–H and O–H groups in total. The number of nitrogens with one attached hydrogen (secondary N) is 1. The largest absolute Gasteiger partial charge is 0.475 e. The second kappa shape index (κ2) is 10.7. The van der Waals surface area contributed by atoms with Crippen molar-refractivity contribution >= 4 is 25.5 Å². The Kier molecular flexibility index (Phi) is 7.93. The van der Waals surface area contributed by atoms with E-state index >= 15 is 4.39 Å². The van der Waals surface area contributed by atoms with Gasteiger partial charge in [-0.15, -0.1) is 0 Å². The molecule has 0 bridgehead atoms. The average Bonchev–Trinajstić information content (AvgIpc) is 3.07. The number of aromatic amines is 1. The van der Waals surface area contributed by atoms with Crippen LogP contribution in [0, 0.1) is 0 Å². The Labute approximate surface area is 215 Å². The molecule has 2 fully saturated rings. The summed E-state index contributed by atoms with van der Waals surface area (Å²) in [6.07, 6.45) is -4.60. The maximum atomic E-state index is 16.1. The minimum atomic E-state index is -4.14. The fraction of sp³-hybridized carbons (Fsp3) is 0.500. The summed E-state index contributed by atoms with van der Waals surface area (Å²) in [5.41, 5.74) is -3.41. The van der Waals surface area contributed by atoms with Crippen molar-refractivity contribution in [3.05, 3.63) is 68.0 Å². The van der Waals surface area contributed by atoms with Gasteiger partial charge < -0.3 is 14.4 Å². The third-order valence-electron chi connectivity index (χ3n) is 5.88. The van der Waals surface area contributed by atoms with E-state index in [-0.39, 0.29) is 6.61 Å². The second-order valence-electron chi connectivity index (χ2n) is 8.91. The lowest BCUT2D eigenvalue weighted by Crippen LogP contribution is -2.47. The van der Waals surface area contributed by atoms with Gasteiger partial charge in [-0.1, -0.05) is 23.7 Å². The Morgan fingerprint density at radius 1 is 1.35 bits per heavy atom. The SMILES string of the molecule is CN(C)C(=O)O[C@@H]1[C@@H](CO[P@@]2(=O)OCC[C@@H](c3cccc(Cl)c3)O2)O[C@@H](n2ccc(=O)[nH]c2=O)[C@]1(C)F. The zero-order valence-electron chi connectivity index (χ0n) is 20.2. The molecule has 1 amide bonds. The van der Waals surface area contributed by atoms with E-state index in [1.807, 2.05) is 4.98 Å². The van der Waals surface area contributed by atoms with Gasteiger partial charge in [-0.25, -0.2) is 18.5 Å². The van der Waals surface area contributed by atoms with E-state index in [0.29, 0.717) is 17.0 Å². The molecular weight excluding hydrogens is 536 g/mol. The molecule has 12 nitrogen and oxygen atoms in total. The molecule has 0 unspecified atom stereocenters. The molecule has 0 spiro atoms. The summed E-state index contributed by atoms with van der Waals surface area (Å²) in [4.78, 5) is 39.2. The fourth-order valence-electron chi connectivity index (χ4n) is 4.03. The van der Waals surface area contributed by atoms with Crippen LogP contribution >= 0.6 is 19.4 Å². The highest BCUT2D eigenvalue weighted by Crippen LogP contribution is 2.57. The summed E-state index contributed by atoms with van der Waals surface area (Å²) in [6, 6.07) is 7.84. The van der Waals surface area contributed by atoms with Crippen molar-refractivity contribution in [3.63, 3.8) is 0 Å². The van der Waals surface area contributed by atoms with E-state index in [4.69, 9.17) is 34.6 Å². The Hall–Kier alpha value is -2.54. The van der Waals surface area contributed by atoms with Gasteiger partial charge in [0.15, 0.2) is 18.0 Å². The van der Waals surface area contributed by atoms with Crippen LogP contribution in [0.25, 0.3) is 0 Å². The molecule has 1 aromatic carbocycles. The van der Waals surface area contributed by atoms with Crippen LogP contribution in [0.3, 0.4) is 0 Å². The van der Waals surface area contributed by atoms with Crippen molar-refractivity contribution in [1.82, 2.24) is 14.5 Å². The van der Waals surface area contributed by atoms with E-state index in [0.717, 1.165) is 28.7 Å². The van der Waals surface area contributed by atoms with E-state index in [9.17, 15) is 18.9 Å². The van der Waals surface area contributed by atoms with Crippen LogP contribution in [-0.4, -0.2) is 65.7 Å². The third-order valence-corrected chi connectivity index (χ3v) is 7.59. The number of carbonyl (C=O) groups is 1. The summed E-state index contributed by atoms with van der Waals surface area (Å²) in [5, 5.41) is 0.471. The minimum absolute atomic E-state index is 0.0508. The predicted molar refractivity (Wildman–Crippen MR) is 128 cm³/mol. The average molecular weight is 562 g/mol. The van der Waals surface area contributed by atoms with Crippen LogP contribution in [-0.2, 0) is 27.6 Å². The van der Waals surface area contributed by atoms with E-state index in [1.54, 1.807) is 24.3 Å². The molecule has 0 radical (unpaired) electrons. The number of phosphoric acid groups is 1. The zero-order valence-corrected chi connectivity index (χ0v) is 21.8. The number of ether oxygens (including phenoxy) is 2. The van der Waals surface area contributed by atoms with Gasteiger partial charge in [0, 0.05) is 37.8 Å². The van der Waals surface area contributed by atoms with Crippen LogP contribution in [0.2, 0.25) is 5.02 Å². The summed E-state index contributed by atoms with van der Waals surface area (Å²) >= 11 is 6.05. The van der Waals surface area contributed by atoms with E-state index in [2.05, 4.69) is 0 Å². The smallest absolute Gasteiger partial charge is 0.440 e. The second-order valence-corrected chi connectivity index (χ2v) is 11.0. The van der Waals surface area contributed by atoms with Crippen molar-refractivity contribution in [3.8, 4) is 0 Å². The van der Waals surface area contributed by atoms with Crippen molar-refractivity contribution in [2.24, 2.45) is 0 Å². The number of carbonyl (C=O) groups excluding carboxylic acids is 1. The van der Waals surface area contributed by atoms with Crippen molar-refractivity contribution < 1.29 is 36.8 Å². The number of nitrogens with zero attached hydrogens (tertiary/aromatic N) is 2. The number of hydrogen-bond acceptors (Lipinski definition) is 9. The number of H-pyrrole nitrogens is 1. The predicted octanol–water partition coefficient (Wildman–Crippen LogP) is 3.19. The molecular formula is C22H26ClFN3O9P. The topological polar surface area (TPSA) is 138 Å². The van der Waals surface area contributed by atoms with E-state index in [1.165, 1.54) is 14.1 Å². The molecule has 2 aliphatic rings. The quantitative estimate of drug-likeness (QED) is 0.527. The van der Waals surface area contributed by atoms with Crippen LogP contribution in [0.15, 0.2) is 46.1 Å². The highest BCUT2D eigenvalue weighted by atomic mass is 35.5. The molecule has 1 aromatic heterocycles. The van der Waals surface area contributed by atoms with Crippen molar-refractivity contribution in [2.45, 2.75) is 43.6 Å². The molecule has 4 rings (SSSR count). The molecule has 3 heterocycles. The molecule has 2 aliphatic heterocycles. The van der Waals surface area contributed by atoms with Gasteiger partial charge in [-0.3, -0.25) is 27.9 Å². The van der Waals surface area contributed by atoms with Gasteiger partial charge in [-0.05, 0) is 24.6 Å². The number of amides is 1. The number of alkyl halides is 1. The summed E-state index contributed by atoms with van der Waals surface area (Å²) in [7, 11) is -1.34. The highest BCUT2D eigenvalue weighted by molar-refractivity contribution is 7.48. The first kappa shape index (κ1) is 27.5. The Morgan fingerprint density at radius 3 is 2.78 bits per heavy atom. The molecule has 202 valence electrons. The number of hydrogen-bond donors (Lipinski definition) is 1. The monoisotopic (exact) mass is 561 g/mol. The normalized spacial score (nSPS) is 31.7. The van der Waals surface area contributed by atoms with Crippen molar-refractivity contribution in [2.75, 3.05) is 27.3 Å². The molecule has 2 saturated heterocycles. The maximum Gasteiger partial charge on any atom is 0.475 e. The number of benzene rings is 1. The first-order chi connectivity index (χ1) is 17.4. The lowest BCUT2D eigenvalue weighted by atomic mass is 9.98. The first-order valence-electron chi connectivity index (χ1n) is 11.3. The molecule has 0 saturated carbocycles. The number of halogens is 2. The zero-order chi connectivity index (χ0) is 27.0. The molecule has 0 aliphatic carbocycles. The van der Waals surface area contributed by atoms with Gasteiger partial charge in [-0.2, -0.15) is 0 Å². The number of rotatable bonds is 6.